The Morgan fingerprint density at radius 1 is 0.784 bits per heavy atom. The molecule has 11 heteroatoms. The number of phenolic OH excluding ortho intramolecular Hbond substituents is 8. The van der Waals surface area contributed by atoms with Gasteiger partial charge in [-0.25, -0.2) is 0 Å². The fourth-order valence-electron chi connectivity index (χ4n) is 7.00. The maximum absolute atomic E-state index is 14.6. The number of allylic oxidation sites excluding steroid dienone is 4. The van der Waals surface area contributed by atoms with Gasteiger partial charge >= 0.3 is 0 Å². The number of benzene rings is 4. The maximum atomic E-state index is 14.6. The van der Waals surface area contributed by atoms with Crippen LogP contribution in [0.1, 0.15) is 66.1 Å². The van der Waals surface area contributed by atoms with Crippen LogP contribution >= 0.6 is 0 Å². The van der Waals surface area contributed by atoms with Crippen LogP contribution in [0.15, 0.2) is 93.2 Å². The molecule has 1 aliphatic rings. The highest BCUT2D eigenvalue weighted by Gasteiger charge is 2.43. The molecule has 0 fully saturated rings. The van der Waals surface area contributed by atoms with Crippen molar-refractivity contribution in [2.24, 2.45) is 5.92 Å². The highest BCUT2D eigenvalue weighted by molar-refractivity contribution is 6.02. The number of hydrogen-bond acceptors (Lipinski definition) is 11. The lowest BCUT2D eigenvalue weighted by Crippen LogP contribution is -2.32. The lowest BCUT2D eigenvalue weighted by molar-refractivity contribution is 0.0877. The Balaban J connectivity index is 1.70. The van der Waals surface area contributed by atoms with Gasteiger partial charge in [-0.2, -0.15) is 0 Å². The third kappa shape index (κ3) is 6.29. The molecule has 0 saturated carbocycles. The number of carbonyl (C=O) groups excluding carboxylic acids is 1. The van der Waals surface area contributed by atoms with Crippen molar-refractivity contribution in [3.05, 3.63) is 116 Å². The lowest BCUT2D eigenvalue weighted by atomic mass is 9.65. The number of Topliss-reactive ketones (excluding diaryl/α,β-unsaturated/α-hetero) is 1. The van der Waals surface area contributed by atoms with Gasteiger partial charge in [0, 0.05) is 53.1 Å². The van der Waals surface area contributed by atoms with Crippen molar-refractivity contribution in [1.29, 1.82) is 0 Å². The Kier molecular flexibility index (Phi) is 8.90. The number of aromatic hydroxyl groups is 8. The number of rotatable bonds is 7. The number of hydrogen-bond donors (Lipinski definition) is 8. The summed E-state index contributed by atoms with van der Waals surface area (Å²) in [4.78, 5) is 29.0. The first-order valence-corrected chi connectivity index (χ1v) is 16.1. The summed E-state index contributed by atoms with van der Waals surface area (Å²) in [5.74, 6) is -6.99. The molecule has 6 rings (SSSR count). The minimum atomic E-state index is -1.21. The Hall–Kier alpha value is -6.36. The molecule has 4 aromatic carbocycles. The molecule has 262 valence electrons. The number of carbonyl (C=O) groups is 1. The molecule has 11 nitrogen and oxygen atoms in total. The molecule has 0 amide bonds. The van der Waals surface area contributed by atoms with E-state index in [1.165, 1.54) is 36.4 Å². The zero-order chi connectivity index (χ0) is 36.9. The summed E-state index contributed by atoms with van der Waals surface area (Å²) in [5.41, 5.74) is 0.810. The number of phenols is 8. The van der Waals surface area contributed by atoms with E-state index in [4.69, 9.17) is 4.42 Å². The predicted octanol–water partition coefficient (Wildman–Crippen LogP) is 7.33. The zero-order valence-electron chi connectivity index (χ0n) is 27.9. The van der Waals surface area contributed by atoms with E-state index in [1.54, 1.807) is 19.1 Å². The molecule has 0 unspecified atom stereocenters. The van der Waals surface area contributed by atoms with E-state index in [9.17, 15) is 50.4 Å². The first kappa shape index (κ1) is 34.5. The maximum Gasteiger partial charge on any atom is 0.200 e. The van der Waals surface area contributed by atoms with Gasteiger partial charge in [0.1, 0.15) is 62.7 Å². The molecule has 0 spiro atoms. The van der Waals surface area contributed by atoms with Crippen molar-refractivity contribution in [3.63, 3.8) is 0 Å². The van der Waals surface area contributed by atoms with Crippen LogP contribution in [0, 0.1) is 5.92 Å². The molecule has 0 radical (unpaired) electrons. The summed E-state index contributed by atoms with van der Waals surface area (Å²) >= 11 is 0. The van der Waals surface area contributed by atoms with Crippen LogP contribution in [-0.2, 0) is 6.42 Å². The van der Waals surface area contributed by atoms with Gasteiger partial charge in [-0.15, -0.1) is 0 Å². The van der Waals surface area contributed by atoms with Crippen LogP contribution in [0.3, 0.4) is 0 Å². The number of fused-ring (bicyclic) bond motifs is 1. The van der Waals surface area contributed by atoms with E-state index in [-0.39, 0.29) is 80.4 Å². The molecule has 0 saturated heterocycles. The molecule has 51 heavy (non-hydrogen) atoms. The topological polar surface area (TPSA) is 209 Å². The van der Waals surface area contributed by atoms with Gasteiger partial charge in [-0.3, -0.25) is 9.59 Å². The van der Waals surface area contributed by atoms with Crippen molar-refractivity contribution < 1.29 is 50.1 Å². The molecular formula is C40H36O11. The summed E-state index contributed by atoms with van der Waals surface area (Å²) < 4.78 is 6.45. The summed E-state index contributed by atoms with van der Waals surface area (Å²) in [6.45, 7) is 5.44. The smallest absolute Gasteiger partial charge is 0.200 e. The lowest BCUT2D eigenvalue weighted by Gasteiger charge is -2.37. The van der Waals surface area contributed by atoms with Gasteiger partial charge in [0.2, 0.25) is 5.43 Å². The second-order valence-corrected chi connectivity index (χ2v) is 13.1. The van der Waals surface area contributed by atoms with Gasteiger partial charge < -0.3 is 45.3 Å². The quantitative estimate of drug-likeness (QED) is 0.0625. The van der Waals surface area contributed by atoms with Crippen LogP contribution < -0.4 is 5.43 Å². The Bertz CT molecular complexity index is 2340. The van der Waals surface area contributed by atoms with E-state index < -0.39 is 52.0 Å². The van der Waals surface area contributed by atoms with Gasteiger partial charge in [0.15, 0.2) is 5.78 Å². The normalized spacial score (nSPS) is 17.2. The largest absolute Gasteiger partial charge is 0.508 e. The summed E-state index contributed by atoms with van der Waals surface area (Å²) in [6, 6.07) is 12.2. The van der Waals surface area contributed by atoms with Gasteiger partial charge in [0.05, 0.1) is 11.1 Å². The fourth-order valence-corrected chi connectivity index (χ4v) is 7.00. The summed E-state index contributed by atoms with van der Waals surface area (Å²) in [5, 5.41) is 85.2. The van der Waals surface area contributed by atoms with Crippen LogP contribution in [-0.4, -0.2) is 46.6 Å². The van der Waals surface area contributed by atoms with E-state index in [2.05, 4.69) is 0 Å². The molecule has 5 aromatic rings. The van der Waals surface area contributed by atoms with Crippen LogP contribution in [0.25, 0.3) is 22.3 Å². The predicted molar refractivity (Wildman–Crippen MR) is 189 cm³/mol. The molecule has 1 aromatic heterocycles. The molecule has 8 N–H and O–H groups in total. The Labute approximate surface area is 291 Å². The molecule has 1 heterocycles. The van der Waals surface area contributed by atoms with Crippen molar-refractivity contribution in [2.75, 3.05) is 0 Å². The SMILES string of the molecule is CC(C)=CCc1c(-c2ccc(O)cc2O)oc2c([C@H]3C=C(C)C[C@@H](c4ccc(O)cc4O)[C@H]3C(=O)c3ccc(O)cc3O)c(O)cc(O)c2c1=O. The average molecular weight is 693 g/mol. The third-order valence-electron chi connectivity index (χ3n) is 9.32. The highest BCUT2D eigenvalue weighted by Crippen LogP contribution is 2.53. The van der Waals surface area contributed by atoms with Gasteiger partial charge in [0.25, 0.3) is 0 Å². The zero-order valence-corrected chi connectivity index (χ0v) is 27.9. The third-order valence-corrected chi connectivity index (χ3v) is 9.32. The standard InChI is InChI=1S/C40H36O11/c1-18(2)4-8-26-38(50)36-33(48)17-32(47)35(40(36)51-39(26)25-11-7-22(43)16-31(25)46)28-13-19(3)12-27(23-9-5-20(41)14-29(23)44)34(28)37(49)24-10-6-21(42)15-30(24)45/h4-7,9-11,13-17,27-28,34,41-48H,8,12H2,1-3H3/t27-,28-,34+/m0/s1. The van der Waals surface area contributed by atoms with Crippen molar-refractivity contribution in [1.82, 2.24) is 0 Å². The second-order valence-electron chi connectivity index (χ2n) is 13.1. The van der Waals surface area contributed by atoms with Crippen LogP contribution in [0.5, 0.6) is 46.0 Å². The second kappa shape index (κ2) is 13.2. The molecule has 0 bridgehead atoms. The van der Waals surface area contributed by atoms with E-state index >= 15 is 0 Å². The first-order valence-electron chi connectivity index (χ1n) is 16.1. The van der Waals surface area contributed by atoms with Crippen molar-refractivity contribution in [2.45, 2.75) is 45.4 Å². The van der Waals surface area contributed by atoms with Crippen molar-refractivity contribution >= 4 is 16.8 Å². The summed E-state index contributed by atoms with van der Waals surface area (Å²) in [7, 11) is 0. The van der Waals surface area contributed by atoms with E-state index in [1.807, 2.05) is 13.8 Å². The van der Waals surface area contributed by atoms with Crippen molar-refractivity contribution in [3.8, 4) is 57.3 Å². The van der Waals surface area contributed by atoms with Crippen LogP contribution in [0.2, 0.25) is 0 Å². The Morgan fingerprint density at radius 3 is 2.04 bits per heavy atom. The van der Waals surface area contributed by atoms with Gasteiger partial charge in [-0.05, 0) is 69.5 Å². The number of ketones is 1. The minimum Gasteiger partial charge on any atom is -0.508 e. The van der Waals surface area contributed by atoms with E-state index in [0.717, 1.165) is 35.4 Å². The Morgan fingerprint density at radius 2 is 1.41 bits per heavy atom. The average Bonchev–Trinajstić information content (AvgIpc) is 3.03. The monoisotopic (exact) mass is 692 g/mol. The van der Waals surface area contributed by atoms with E-state index in [0.29, 0.717) is 0 Å². The molecule has 0 aliphatic heterocycles. The molecule has 1 aliphatic carbocycles. The first-order chi connectivity index (χ1) is 24.2. The fraction of sp³-hybridized carbons (Fsp3) is 0.200. The summed E-state index contributed by atoms with van der Waals surface area (Å²) in [6.07, 6.45) is 3.73. The van der Waals surface area contributed by atoms with Gasteiger partial charge in [-0.1, -0.05) is 29.4 Å². The van der Waals surface area contributed by atoms with Crippen LogP contribution in [0.4, 0.5) is 0 Å². The molecular weight excluding hydrogens is 656 g/mol. The minimum absolute atomic E-state index is 0.0395. The highest BCUT2D eigenvalue weighted by atomic mass is 16.3. The molecule has 3 atom stereocenters.